The van der Waals surface area contributed by atoms with Crippen LogP contribution in [0.25, 0.3) is 0 Å². The number of hydrogen-bond donors (Lipinski definition) is 0. The van der Waals surface area contributed by atoms with Gasteiger partial charge in [0, 0.05) is 24.8 Å². The van der Waals surface area contributed by atoms with E-state index < -0.39 is 0 Å². The number of ether oxygens (including phenoxy) is 1. The molecule has 2 bridgehead atoms. The zero-order valence-corrected chi connectivity index (χ0v) is 19.3. The summed E-state index contributed by atoms with van der Waals surface area (Å²) < 4.78 is 5.22. The molecule has 6 rings (SSSR count). The zero-order chi connectivity index (χ0) is 23.1. The first-order valence-corrected chi connectivity index (χ1v) is 12.2. The third-order valence-electron chi connectivity index (χ3n) is 7.38. The summed E-state index contributed by atoms with van der Waals surface area (Å²) in [5.74, 6) is -0.612. The van der Waals surface area contributed by atoms with E-state index >= 15 is 0 Å². The maximum absolute atomic E-state index is 13.5. The summed E-state index contributed by atoms with van der Waals surface area (Å²) in [5.41, 5.74) is 4.80. The van der Waals surface area contributed by atoms with E-state index in [1.54, 1.807) is 0 Å². The summed E-state index contributed by atoms with van der Waals surface area (Å²) >= 11 is 0. The monoisotopic (exact) mass is 445 g/mol. The molecule has 0 radical (unpaired) electrons. The van der Waals surface area contributed by atoms with Gasteiger partial charge in [-0.15, -0.1) is 0 Å². The average Bonchev–Trinajstić information content (AvgIpc) is 3.08. The highest BCUT2D eigenvalue weighted by Gasteiger charge is 2.61. The highest BCUT2D eigenvalue weighted by atomic mass is 16.5. The first kappa shape index (κ1) is 21.9. The molecule has 33 heavy (non-hydrogen) atoms. The van der Waals surface area contributed by atoms with Crippen molar-refractivity contribution in [2.75, 3.05) is 13.2 Å². The van der Waals surface area contributed by atoms with Crippen molar-refractivity contribution in [2.24, 2.45) is 17.8 Å². The van der Waals surface area contributed by atoms with E-state index in [1.165, 1.54) is 27.2 Å². The Morgan fingerprint density at radius 2 is 1.30 bits per heavy atom. The van der Waals surface area contributed by atoms with Crippen LogP contribution in [-0.4, -0.2) is 35.8 Å². The Morgan fingerprint density at radius 1 is 0.818 bits per heavy atom. The van der Waals surface area contributed by atoms with Gasteiger partial charge in [0.25, 0.3) is 0 Å². The molecule has 0 spiro atoms. The summed E-state index contributed by atoms with van der Waals surface area (Å²) in [5, 5.41) is 0. The molecule has 1 aliphatic heterocycles. The van der Waals surface area contributed by atoms with E-state index in [9.17, 15) is 14.4 Å². The maximum atomic E-state index is 13.5. The molecule has 0 saturated carbocycles. The van der Waals surface area contributed by atoms with Gasteiger partial charge in [0.2, 0.25) is 11.8 Å². The van der Waals surface area contributed by atoms with Crippen LogP contribution in [0, 0.1) is 17.8 Å². The Labute approximate surface area is 195 Å². The largest absolute Gasteiger partial charge is 0.465 e. The van der Waals surface area contributed by atoms with Gasteiger partial charge >= 0.3 is 5.97 Å². The van der Waals surface area contributed by atoms with E-state index in [-0.39, 0.29) is 41.5 Å². The van der Waals surface area contributed by atoms with Gasteiger partial charge in [-0.1, -0.05) is 68.8 Å². The fourth-order valence-electron chi connectivity index (χ4n) is 6.01. The normalized spacial score (nSPS) is 24.6. The molecule has 1 fully saturated rings. The Morgan fingerprint density at radius 3 is 1.76 bits per heavy atom. The molecule has 2 aromatic carbocycles. The van der Waals surface area contributed by atoms with Crippen LogP contribution in [0.3, 0.4) is 0 Å². The molecule has 5 nitrogen and oxygen atoms in total. The first-order valence-electron chi connectivity index (χ1n) is 12.2. The molecule has 2 amide bonds. The minimum atomic E-state index is -0.307. The van der Waals surface area contributed by atoms with Crippen LogP contribution in [0.4, 0.5) is 0 Å². The van der Waals surface area contributed by atoms with Crippen LogP contribution in [0.2, 0.25) is 0 Å². The highest BCUT2D eigenvalue weighted by molar-refractivity contribution is 6.07. The fourth-order valence-corrected chi connectivity index (χ4v) is 6.01. The van der Waals surface area contributed by atoms with E-state index in [4.69, 9.17) is 4.74 Å². The number of likely N-dealkylation sites (tertiary alicyclic amines) is 1. The summed E-state index contributed by atoms with van der Waals surface area (Å²) in [7, 11) is 0. The van der Waals surface area contributed by atoms with Crippen LogP contribution < -0.4 is 0 Å². The first-order chi connectivity index (χ1) is 16.0. The molecular weight excluding hydrogens is 414 g/mol. The number of benzene rings is 2. The van der Waals surface area contributed by atoms with Crippen molar-refractivity contribution in [3.05, 3.63) is 70.8 Å². The number of carbonyl (C=O) groups is 3. The molecule has 1 heterocycles. The van der Waals surface area contributed by atoms with E-state index in [0.29, 0.717) is 38.3 Å². The van der Waals surface area contributed by atoms with Crippen molar-refractivity contribution in [3.63, 3.8) is 0 Å². The van der Waals surface area contributed by atoms with Crippen LogP contribution in [0.5, 0.6) is 0 Å². The molecule has 4 aliphatic rings. The van der Waals surface area contributed by atoms with Gasteiger partial charge in [-0.25, -0.2) is 0 Å². The van der Waals surface area contributed by atoms with E-state index in [0.717, 1.165) is 6.42 Å². The summed E-state index contributed by atoms with van der Waals surface area (Å²) in [6, 6.07) is 16.6. The third-order valence-corrected chi connectivity index (χ3v) is 7.38. The minimum absolute atomic E-state index is 0.0275. The molecule has 1 saturated heterocycles. The number of rotatable bonds is 8. The zero-order valence-electron chi connectivity index (χ0n) is 19.3. The molecule has 5 heteroatoms. The van der Waals surface area contributed by atoms with Gasteiger partial charge in [-0.2, -0.15) is 0 Å². The Hall–Kier alpha value is -2.95. The Bertz CT molecular complexity index is 975. The molecular formula is C28H31NO4. The molecule has 0 unspecified atom stereocenters. The lowest BCUT2D eigenvalue weighted by atomic mass is 9.55. The smallest absolute Gasteiger partial charge is 0.305 e. The number of amides is 2. The molecule has 3 aliphatic carbocycles. The van der Waals surface area contributed by atoms with Crippen molar-refractivity contribution < 1.29 is 19.1 Å². The number of hydrogen-bond acceptors (Lipinski definition) is 4. The Balaban J connectivity index is 1.28. The van der Waals surface area contributed by atoms with Crippen LogP contribution in [0.1, 0.15) is 73.6 Å². The second-order valence-electron chi connectivity index (χ2n) is 9.98. The summed E-state index contributed by atoms with van der Waals surface area (Å²) in [6.07, 6.45) is 2.59. The van der Waals surface area contributed by atoms with Gasteiger partial charge in [0.15, 0.2) is 0 Å². The Kier molecular flexibility index (Phi) is 5.81. The van der Waals surface area contributed by atoms with Crippen LogP contribution >= 0.6 is 0 Å². The van der Waals surface area contributed by atoms with Crippen molar-refractivity contribution in [2.45, 2.75) is 51.4 Å². The number of carbonyl (C=O) groups excluding carboxylic acids is 3. The number of unbranched alkanes of at least 4 members (excludes halogenated alkanes) is 2. The third kappa shape index (κ3) is 3.68. The van der Waals surface area contributed by atoms with Gasteiger partial charge in [-0.05, 0) is 41.0 Å². The SMILES string of the molecule is CC(C)COC(=O)CCCCCN1C(=O)[C@H]2C3c4ccccc4C(c4ccccc43)[C@@H]2C1=O. The summed E-state index contributed by atoms with van der Waals surface area (Å²) in [6.45, 7) is 4.90. The minimum Gasteiger partial charge on any atom is -0.465 e. The number of imide groups is 1. The number of nitrogens with zero attached hydrogens (tertiary/aromatic N) is 1. The topological polar surface area (TPSA) is 63.7 Å². The fraction of sp³-hybridized carbons (Fsp3) is 0.464. The van der Waals surface area contributed by atoms with Crippen molar-refractivity contribution in [3.8, 4) is 0 Å². The molecule has 0 N–H and O–H groups in total. The molecule has 2 aromatic rings. The van der Waals surface area contributed by atoms with Crippen molar-refractivity contribution >= 4 is 17.8 Å². The lowest BCUT2D eigenvalue weighted by Crippen LogP contribution is -2.41. The van der Waals surface area contributed by atoms with Crippen molar-refractivity contribution in [1.29, 1.82) is 0 Å². The average molecular weight is 446 g/mol. The molecule has 0 aromatic heterocycles. The maximum Gasteiger partial charge on any atom is 0.305 e. The van der Waals surface area contributed by atoms with Gasteiger partial charge in [-0.3, -0.25) is 19.3 Å². The van der Waals surface area contributed by atoms with Gasteiger partial charge in [0.1, 0.15) is 0 Å². The number of esters is 1. The second-order valence-corrected chi connectivity index (χ2v) is 9.98. The standard InChI is InChI=1S/C28H31NO4/c1-17(2)16-33-22(30)14-4-3-9-15-29-27(31)25-23-18-10-5-6-11-19(18)24(26(25)28(29)32)21-13-8-7-12-20(21)23/h5-8,10-13,17,23-26H,3-4,9,14-16H2,1-2H3/t23?,24?,25-,26-/m0/s1. The van der Waals surface area contributed by atoms with Gasteiger partial charge in [0.05, 0.1) is 18.4 Å². The molecule has 172 valence electrons. The van der Waals surface area contributed by atoms with Crippen LogP contribution in [0.15, 0.2) is 48.5 Å². The predicted molar refractivity (Wildman–Crippen MR) is 125 cm³/mol. The second kappa shape index (κ2) is 8.77. The highest BCUT2D eigenvalue weighted by Crippen LogP contribution is 2.60. The molecule has 2 atom stereocenters. The lowest BCUT2D eigenvalue weighted by Gasteiger charge is -2.45. The predicted octanol–water partition coefficient (Wildman–Crippen LogP) is 4.64. The quantitative estimate of drug-likeness (QED) is 0.337. The van der Waals surface area contributed by atoms with Crippen molar-refractivity contribution in [1.82, 2.24) is 4.90 Å². The summed E-state index contributed by atoms with van der Waals surface area (Å²) in [4.78, 5) is 40.3. The van der Waals surface area contributed by atoms with E-state index in [1.807, 2.05) is 38.1 Å². The van der Waals surface area contributed by atoms with Gasteiger partial charge < -0.3 is 4.74 Å². The van der Waals surface area contributed by atoms with E-state index in [2.05, 4.69) is 24.3 Å². The lowest BCUT2D eigenvalue weighted by molar-refractivity contribution is -0.145. The van der Waals surface area contributed by atoms with Crippen LogP contribution in [-0.2, 0) is 19.1 Å².